The number of rotatable bonds is 3. The molecule has 1 rings (SSSR count). The highest BCUT2D eigenvalue weighted by atomic mass is 32.1. The number of nitrogens with zero attached hydrogens (tertiary/aromatic N) is 2. The summed E-state index contributed by atoms with van der Waals surface area (Å²) in [5.74, 6) is 5.60. The summed E-state index contributed by atoms with van der Waals surface area (Å²) in [6.45, 7) is 2.65. The second-order valence-electron chi connectivity index (χ2n) is 2.64. The molecule has 5 nitrogen and oxygen atoms in total. The molecule has 0 fully saturated rings. The van der Waals surface area contributed by atoms with Gasteiger partial charge in [0.15, 0.2) is 0 Å². The molecule has 0 amide bonds. The number of nitrogens with two attached hydrogens (primary N) is 2. The highest BCUT2D eigenvalue weighted by Crippen LogP contribution is 2.17. The van der Waals surface area contributed by atoms with Crippen LogP contribution in [0, 0.1) is 0 Å². The summed E-state index contributed by atoms with van der Waals surface area (Å²) in [6, 6.07) is 0. The standard InChI is InChI=1S/C7H13N5S/c1-5(4-11-7(8)12-9)6-10-2-3-13-6/h2-3,5H,4,9H2,1H3,(H3,8,11,12). The van der Waals surface area contributed by atoms with E-state index in [2.05, 4.69) is 15.4 Å². The van der Waals surface area contributed by atoms with Crippen LogP contribution >= 0.6 is 11.3 Å². The van der Waals surface area contributed by atoms with E-state index in [4.69, 9.17) is 11.6 Å². The van der Waals surface area contributed by atoms with E-state index in [0.29, 0.717) is 6.54 Å². The van der Waals surface area contributed by atoms with E-state index < -0.39 is 0 Å². The van der Waals surface area contributed by atoms with Gasteiger partial charge < -0.3 is 5.73 Å². The number of aliphatic imine (C=N–C) groups is 1. The van der Waals surface area contributed by atoms with Gasteiger partial charge in [-0.15, -0.1) is 11.3 Å². The fourth-order valence-electron chi connectivity index (χ4n) is 0.837. The molecule has 0 saturated carbocycles. The van der Waals surface area contributed by atoms with Crippen molar-refractivity contribution in [2.45, 2.75) is 12.8 Å². The third kappa shape index (κ3) is 3.00. The smallest absolute Gasteiger partial charge is 0.203 e. The lowest BCUT2D eigenvalue weighted by Gasteiger charge is -2.04. The molecule has 0 saturated heterocycles. The monoisotopic (exact) mass is 199 g/mol. The Bertz CT molecular complexity index is 268. The summed E-state index contributed by atoms with van der Waals surface area (Å²) < 4.78 is 0. The Kier molecular flexibility index (Phi) is 3.66. The summed E-state index contributed by atoms with van der Waals surface area (Å²) in [4.78, 5) is 8.20. The van der Waals surface area contributed by atoms with Crippen LogP contribution in [0.1, 0.15) is 17.8 Å². The van der Waals surface area contributed by atoms with E-state index in [1.807, 2.05) is 12.3 Å². The van der Waals surface area contributed by atoms with Crippen LogP contribution in [0.5, 0.6) is 0 Å². The van der Waals surface area contributed by atoms with Gasteiger partial charge >= 0.3 is 0 Å². The minimum Gasteiger partial charge on any atom is -0.369 e. The molecule has 1 aromatic heterocycles. The minimum absolute atomic E-state index is 0.253. The van der Waals surface area contributed by atoms with Crippen LogP contribution in [0.15, 0.2) is 16.6 Å². The quantitative estimate of drug-likeness (QED) is 0.277. The molecule has 13 heavy (non-hydrogen) atoms. The molecule has 6 heteroatoms. The lowest BCUT2D eigenvalue weighted by molar-refractivity contribution is 0.760. The number of hydrogen-bond donors (Lipinski definition) is 3. The number of guanidine groups is 1. The van der Waals surface area contributed by atoms with Crippen molar-refractivity contribution in [3.8, 4) is 0 Å². The zero-order chi connectivity index (χ0) is 9.68. The van der Waals surface area contributed by atoms with E-state index in [0.717, 1.165) is 5.01 Å². The van der Waals surface area contributed by atoms with Crippen molar-refractivity contribution in [2.75, 3.05) is 6.54 Å². The number of hydrazine groups is 1. The summed E-state index contributed by atoms with van der Waals surface area (Å²) in [5.41, 5.74) is 7.65. The van der Waals surface area contributed by atoms with Gasteiger partial charge in [0.2, 0.25) is 5.96 Å². The lowest BCUT2D eigenvalue weighted by atomic mass is 10.2. The predicted octanol–water partition coefficient (Wildman–Crippen LogP) is 0.0246. The Morgan fingerprint density at radius 2 is 2.62 bits per heavy atom. The molecule has 0 aromatic carbocycles. The van der Waals surface area contributed by atoms with E-state index in [-0.39, 0.29) is 11.9 Å². The zero-order valence-corrected chi connectivity index (χ0v) is 8.21. The van der Waals surface area contributed by atoms with Gasteiger partial charge in [0.1, 0.15) is 0 Å². The van der Waals surface area contributed by atoms with Crippen molar-refractivity contribution in [3.05, 3.63) is 16.6 Å². The Balaban J connectivity index is 2.47. The van der Waals surface area contributed by atoms with Gasteiger partial charge in [0.05, 0.1) is 11.6 Å². The molecule has 0 bridgehead atoms. The third-order valence-electron chi connectivity index (χ3n) is 1.56. The molecule has 1 unspecified atom stereocenters. The van der Waals surface area contributed by atoms with Crippen LogP contribution in [0.4, 0.5) is 0 Å². The topological polar surface area (TPSA) is 89.3 Å². The second-order valence-corrected chi connectivity index (χ2v) is 3.57. The summed E-state index contributed by atoms with van der Waals surface area (Å²) in [7, 11) is 0. The highest BCUT2D eigenvalue weighted by Gasteiger charge is 2.06. The Labute approximate surface area is 80.8 Å². The van der Waals surface area contributed by atoms with Gasteiger partial charge in [-0.1, -0.05) is 6.92 Å². The van der Waals surface area contributed by atoms with Crippen molar-refractivity contribution in [1.29, 1.82) is 0 Å². The zero-order valence-electron chi connectivity index (χ0n) is 7.40. The van der Waals surface area contributed by atoms with Crippen molar-refractivity contribution < 1.29 is 0 Å². The van der Waals surface area contributed by atoms with Crippen LogP contribution < -0.4 is 17.0 Å². The van der Waals surface area contributed by atoms with Crippen molar-refractivity contribution in [2.24, 2.45) is 16.6 Å². The van der Waals surface area contributed by atoms with Crippen molar-refractivity contribution in [3.63, 3.8) is 0 Å². The maximum atomic E-state index is 5.37. The molecule has 72 valence electrons. The van der Waals surface area contributed by atoms with E-state index in [1.165, 1.54) is 0 Å². The Hall–Kier alpha value is -1.14. The first-order valence-corrected chi connectivity index (χ1v) is 4.78. The summed E-state index contributed by atoms with van der Waals surface area (Å²) >= 11 is 1.62. The maximum absolute atomic E-state index is 5.37. The Morgan fingerprint density at radius 1 is 1.85 bits per heavy atom. The molecule has 0 aliphatic carbocycles. The van der Waals surface area contributed by atoms with E-state index in [1.54, 1.807) is 17.5 Å². The molecular weight excluding hydrogens is 186 g/mol. The van der Waals surface area contributed by atoms with Gasteiger partial charge in [-0.3, -0.25) is 10.4 Å². The van der Waals surface area contributed by atoms with Gasteiger partial charge in [0, 0.05) is 17.5 Å². The first-order chi connectivity index (χ1) is 6.24. The van der Waals surface area contributed by atoms with Crippen molar-refractivity contribution >= 4 is 17.3 Å². The van der Waals surface area contributed by atoms with Gasteiger partial charge in [0.25, 0.3) is 0 Å². The average molecular weight is 199 g/mol. The van der Waals surface area contributed by atoms with Crippen LogP contribution in [0.2, 0.25) is 0 Å². The van der Waals surface area contributed by atoms with Crippen LogP contribution in [0.3, 0.4) is 0 Å². The maximum Gasteiger partial charge on any atom is 0.203 e. The van der Waals surface area contributed by atoms with Crippen LogP contribution in [-0.4, -0.2) is 17.5 Å². The first kappa shape index (κ1) is 9.94. The fraction of sp³-hybridized carbons (Fsp3) is 0.429. The molecule has 1 heterocycles. The van der Waals surface area contributed by atoms with Gasteiger partial charge in [-0.2, -0.15) is 0 Å². The van der Waals surface area contributed by atoms with Gasteiger partial charge in [-0.05, 0) is 0 Å². The summed E-state index contributed by atoms with van der Waals surface area (Å²) in [6.07, 6.45) is 1.78. The van der Waals surface area contributed by atoms with E-state index in [9.17, 15) is 0 Å². The van der Waals surface area contributed by atoms with Gasteiger partial charge in [-0.25, -0.2) is 10.8 Å². The van der Waals surface area contributed by atoms with Crippen molar-refractivity contribution in [1.82, 2.24) is 10.4 Å². The number of nitrogens with one attached hydrogen (secondary N) is 1. The lowest BCUT2D eigenvalue weighted by Crippen LogP contribution is -2.37. The third-order valence-corrected chi connectivity index (χ3v) is 2.56. The molecule has 5 N–H and O–H groups in total. The number of hydrogen-bond acceptors (Lipinski definition) is 4. The highest BCUT2D eigenvalue weighted by molar-refractivity contribution is 7.09. The number of aromatic nitrogens is 1. The average Bonchev–Trinajstić information content (AvgIpc) is 2.66. The minimum atomic E-state index is 0.253. The van der Waals surface area contributed by atoms with Crippen LogP contribution in [0.25, 0.3) is 0 Å². The molecule has 1 atom stereocenters. The molecule has 0 aliphatic heterocycles. The Morgan fingerprint density at radius 3 is 3.15 bits per heavy atom. The summed E-state index contributed by atoms with van der Waals surface area (Å²) in [5, 5.41) is 3.01. The second kappa shape index (κ2) is 4.78. The molecule has 0 aliphatic rings. The molecule has 1 aromatic rings. The SMILES string of the molecule is CC(CN=C(N)NN)c1nccs1. The van der Waals surface area contributed by atoms with Crippen LogP contribution in [-0.2, 0) is 0 Å². The normalized spacial score (nSPS) is 14.2. The first-order valence-electron chi connectivity index (χ1n) is 3.90. The number of thiazole rings is 1. The fourth-order valence-corrected chi connectivity index (χ4v) is 1.53. The molecule has 0 radical (unpaired) electrons. The predicted molar refractivity (Wildman–Crippen MR) is 54.3 cm³/mol. The molecular formula is C7H13N5S. The largest absolute Gasteiger partial charge is 0.369 e. The molecule has 0 spiro atoms. The van der Waals surface area contributed by atoms with E-state index >= 15 is 0 Å².